The van der Waals surface area contributed by atoms with Crippen molar-refractivity contribution in [1.29, 1.82) is 0 Å². The second-order valence-electron chi connectivity index (χ2n) is 4.15. The molecule has 102 valence electrons. The van der Waals surface area contributed by atoms with E-state index in [1.165, 1.54) is 24.3 Å². The van der Waals surface area contributed by atoms with Gasteiger partial charge in [-0.1, -0.05) is 23.7 Å². The third-order valence-corrected chi connectivity index (χ3v) is 2.95. The lowest BCUT2D eigenvalue weighted by Gasteiger charge is -2.03. The van der Waals surface area contributed by atoms with E-state index in [-0.39, 0.29) is 5.82 Å². The summed E-state index contributed by atoms with van der Waals surface area (Å²) in [6.45, 7) is 1.77. The van der Waals surface area contributed by atoms with Crippen LogP contribution in [0.4, 0.5) is 4.39 Å². The van der Waals surface area contributed by atoms with Crippen LogP contribution in [0.25, 0.3) is 0 Å². The lowest BCUT2D eigenvalue weighted by molar-refractivity contribution is 0.0955. The number of amides is 1. The second kappa shape index (κ2) is 6.30. The molecule has 0 aliphatic heterocycles. The Balaban J connectivity index is 2.06. The highest BCUT2D eigenvalue weighted by molar-refractivity contribution is 6.30. The summed E-state index contributed by atoms with van der Waals surface area (Å²) in [4.78, 5) is 11.8. The third kappa shape index (κ3) is 3.65. The first-order valence-corrected chi connectivity index (χ1v) is 6.30. The number of hydrogen-bond acceptors (Lipinski definition) is 2. The summed E-state index contributed by atoms with van der Waals surface area (Å²) in [5.41, 5.74) is 4.28. The quantitative estimate of drug-likeness (QED) is 0.680. The first kappa shape index (κ1) is 14.2. The maximum atomic E-state index is 12.7. The van der Waals surface area contributed by atoms with Gasteiger partial charge in [0.1, 0.15) is 5.82 Å². The molecule has 0 aliphatic carbocycles. The molecule has 2 aromatic carbocycles. The van der Waals surface area contributed by atoms with E-state index in [0.29, 0.717) is 16.3 Å². The lowest BCUT2D eigenvalue weighted by Crippen LogP contribution is -2.19. The molecule has 0 saturated carbocycles. The summed E-state index contributed by atoms with van der Waals surface area (Å²) < 4.78 is 12.7. The van der Waals surface area contributed by atoms with E-state index in [4.69, 9.17) is 11.6 Å². The SMILES string of the molecule is C/C(=N\NC(=O)c1ccc(F)cc1)c1ccc(Cl)cc1. The van der Waals surface area contributed by atoms with Gasteiger partial charge in [0, 0.05) is 10.6 Å². The summed E-state index contributed by atoms with van der Waals surface area (Å²) in [6.07, 6.45) is 0. The van der Waals surface area contributed by atoms with Gasteiger partial charge in [-0.05, 0) is 48.9 Å². The van der Waals surface area contributed by atoms with Gasteiger partial charge in [0.15, 0.2) is 0 Å². The third-order valence-electron chi connectivity index (χ3n) is 2.69. The molecule has 0 spiro atoms. The molecule has 0 fully saturated rings. The van der Waals surface area contributed by atoms with Crippen molar-refractivity contribution in [3.05, 3.63) is 70.5 Å². The van der Waals surface area contributed by atoms with Crippen LogP contribution in [0.1, 0.15) is 22.8 Å². The van der Waals surface area contributed by atoms with Crippen molar-refractivity contribution in [2.75, 3.05) is 0 Å². The smallest absolute Gasteiger partial charge is 0.267 e. The number of nitrogens with one attached hydrogen (secondary N) is 1. The van der Waals surface area contributed by atoms with Crippen molar-refractivity contribution in [3.8, 4) is 0 Å². The molecule has 1 amide bonds. The van der Waals surface area contributed by atoms with Gasteiger partial charge in [0.25, 0.3) is 5.91 Å². The maximum Gasteiger partial charge on any atom is 0.271 e. The zero-order valence-corrected chi connectivity index (χ0v) is 11.5. The molecule has 0 aliphatic rings. The van der Waals surface area contributed by atoms with Crippen molar-refractivity contribution >= 4 is 23.2 Å². The van der Waals surface area contributed by atoms with Crippen LogP contribution in [0, 0.1) is 5.82 Å². The molecular weight excluding hydrogens is 279 g/mol. The molecule has 0 bridgehead atoms. The van der Waals surface area contributed by atoms with Gasteiger partial charge in [-0.25, -0.2) is 9.82 Å². The van der Waals surface area contributed by atoms with Crippen LogP contribution < -0.4 is 5.43 Å². The minimum absolute atomic E-state index is 0.346. The highest BCUT2D eigenvalue weighted by Crippen LogP contribution is 2.10. The van der Waals surface area contributed by atoms with E-state index in [2.05, 4.69) is 10.5 Å². The number of carbonyl (C=O) groups is 1. The molecule has 3 nitrogen and oxygen atoms in total. The lowest BCUT2D eigenvalue weighted by atomic mass is 10.1. The number of hydrazone groups is 1. The van der Waals surface area contributed by atoms with Gasteiger partial charge in [0.05, 0.1) is 5.71 Å². The van der Waals surface area contributed by atoms with Gasteiger partial charge in [-0.15, -0.1) is 0 Å². The van der Waals surface area contributed by atoms with Crippen molar-refractivity contribution in [2.24, 2.45) is 5.10 Å². The highest BCUT2D eigenvalue weighted by Gasteiger charge is 2.05. The van der Waals surface area contributed by atoms with E-state index < -0.39 is 5.91 Å². The molecule has 20 heavy (non-hydrogen) atoms. The van der Waals surface area contributed by atoms with Gasteiger partial charge in [-0.2, -0.15) is 5.10 Å². The van der Waals surface area contributed by atoms with E-state index in [9.17, 15) is 9.18 Å². The van der Waals surface area contributed by atoms with Gasteiger partial charge in [0.2, 0.25) is 0 Å². The van der Waals surface area contributed by atoms with Crippen molar-refractivity contribution < 1.29 is 9.18 Å². The number of rotatable bonds is 3. The van der Waals surface area contributed by atoms with Crippen LogP contribution in [-0.4, -0.2) is 11.6 Å². The zero-order valence-electron chi connectivity index (χ0n) is 10.7. The second-order valence-corrected chi connectivity index (χ2v) is 4.59. The standard InChI is InChI=1S/C15H12ClFN2O/c1-10(11-2-6-13(16)7-3-11)18-19-15(20)12-4-8-14(17)9-5-12/h2-9H,1H3,(H,19,20)/b18-10+. The minimum atomic E-state index is -0.390. The van der Waals surface area contributed by atoms with E-state index in [1.807, 2.05) is 12.1 Å². The molecule has 0 atom stereocenters. The Bertz CT molecular complexity index is 636. The first-order chi connectivity index (χ1) is 9.56. The molecule has 0 heterocycles. The van der Waals surface area contributed by atoms with Crippen LogP contribution in [-0.2, 0) is 0 Å². The Hall–Kier alpha value is -2.20. The summed E-state index contributed by atoms with van der Waals surface area (Å²) >= 11 is 5.80. The molecule has 5 heteroatoms. The van der Waals surface area contributed by atoms with Gasteiger partial charge in [-0.3, -0.25) is 4.79 Å². The van der Waals surface area contributed by atoms with E-state index in [0.717, 1.165) is 5.56 Å². The molecule has 0 radical (unpaired) electrons. The zero-order chi connectivity index (χ0) is 14.5. The number of nitrogens with zero attached hydrogens (tertiary/aromatic N) is 1. The Morgan fingerprint density at radius 3 is 2.20 bits per heavy atom. The predicted molar refractivity (Wildman–Crippen MR) is 77.5 cm³/mol. The van der Waals surface area contributed by atoms with Crippen molar-refractivity contribution in [2.45, 2.75) is 6.92 Å². The van der Waals surface area contributed by atoms with Crippen molar-refractivity contribution in [3.63, 3.8) is 0 Å². The Morgan fingerprint density at radius 2 is 1.60 bits per heavy atom. The fourth-order valence-electron chi connectivity index (χ4n) is 1.56. The number of hydrogen-bond donors (Lipinski definition) is 1. The van der Waals surface area contributed by atoms with Crippen LogP contribution in [0.2, 0.25) is 5.02 Å². The summed E-state index contributed by atoms with van der Waals surface area (Å²) in [5.74, 6) is -0.777. The van der Waals surface area contributed by atoms with Gasteiger partial charge < -0.3 is 0 Å². The average Bonchev–Trinajstić information content (AvgIpc) is 2.46. The highest BCUT2D eigenvalue weighted by atomic mass is 35.5. The molecule has 0 aromatic heterocycles. The number of carbonyl (C=O) groups excluding carboxylic acids is 1. The van der Waals surface area contributed by atoms with Crippen LogP contribution in [0.15, 0.2) is 53.6 Å². The maximum absolute atomic E-state index is 12.7. The molecule has 1 N–H and O–H groups in total. The first-order valence-electron chi connectivity index (χ1n) is 5.92. The molecular formula is C15H12ClFN2O. The molecule has 0 saturated heterocycles. The predicted octanol–water partition coefficient (Wildman–Crippen LogP) is 3.63. The van der Waals surface area contributed by atoms with Crippen LogP contribution >= 0.6 is 11.6 Å². The fourth-order valence-corrected chi connectivity index (χ4v) is 1.68. The van der Waals surface area contributed by atoms with Crippen LogP contribution in [0.5, 0.6) is 0 Å². The number of halogens is 2. The average molecular weight is 291 g/mol. The summed E-state index contributed by atoms with van der Waals surface area (Å²) in [6, 6.07) is 12.4. The molecule has 2 rings (SSSR count). The Kier molecular flexibility index (Phi) is 4.48. The normalized spacial score (nSPS) is 11.2. The summed E-state index contributed by atoms with van der Waals surface area (Å²) in [7, 11) is 0. The fraction of sp³-hybridized carbons (Fsp3) is 0.0667. The number of benzene rings is 2. The summed E-state index contributed by atoms with van der Waals surface area (Å²) in [5, 5.41) is 4.64. The Morgan fingerprint density at radius 1 is 1.05 bits per heavy atom. The van der Waals surface area contributed by atoms with Gasteiger partial charge >= 0.3 is 0 Å². The largest absolute Gasteiger partial charge is 0.271 e. The van der Waals surface area contributed by atoms with E-state index >= 15 is 0 Å². The van der Waals surface area contributed by atoms with E-state index in [1.54, 1.807) is 19.1 Å². The van der Waals surface area contributed by atoms with Crippen molar-refractivity contribution in [1.82, 2.24) is 5.43 Å². The molecule has 2 aromatic rings. The van der Waals surface area contributed by atoms with Crippen LogP contribution in [0.3, 0.4) is 0 Å². The minimum Gasteiger partial charge on any atom is -0.267 e. The topological polar surface area (TPSA) is 41.5 Å². The Labute approximate surface area is 121 Å². The molecule has 0 unspecified atom stereocenters. The monoisotopic (exact) mass is 290 g/mol.